The van der Waals surface area contributed by atoms with E-state index in [0.29, 0.717) is 17.8 Å². The molecule has 2 aromatic rings. The van der Waals surface area contributed by atoms with Crippen LogP contribution in [0.4, 0.5) is 5.69 Å². The van der Waals surface area contributed by atoms with Gasteiger partial charge in [-0.2, -0.15) is 0 Å². The van der Waals surface area contributed by atoms with Crippen LogP contribution >= 0.6 is 0 Å². The molecule has 1 amide bonds. The molecule has 25 heavy (non-hydrogen) atoms. The Kier molecular flexibility index (Phi) is 5.14. The minimum atomic E-state index is -0.0913. The van der Waals surface area contributed by atoms with Crippen molar-refractivity contribution in [2.24, 2.45) is 0 Å². The third kappa shape index (κ3) is 4.25. The Morgan fingerprint density at radius 3 is 2.68 bits per heavy atom. The summed E-state index contributed by atoms with van der Waals surface area (Å²) in [5, 5.41) is 12.3. The number of amides is 1. The van der Waals surface area contributed by atoms with Gasteiger partial charge in [0.2, 0.25) is 5.91 Å². The molecule has 0 spiro atoms. The Labute approximate surface area is 147 Å². The number of carbonyl (C=O) groups is 2. The van der Waals surface area contributed by atoms with Crippen LogP contribution in [-0.4, -0.2) is 34.8 Å². The van der Waals surface area contributed by atoms with Gasteiger partial charge >= 0.3 is 0 Å². The number of carbonyl (C=O) groups excluding carboxylic acids is 2. The Hall–Kier alpha value is -2.66. The maximum atomic E-state index is 12.4. The quantitative estimate of drug-likeness (QED) is 0.820. The predicted molar refractivity (Wildman–Crippen MR) is 96.7 cm³/mol. The number of benzene rings is 2. The van der Waals surface area contributed by atoms with Gasteiger partial charge in [0, 0.05) is 17.3 Å². The molecule has 1 aliphatic rings. The molecule has 3 rings (SSSR count). The fraction of sp³-hybridized carbons (Fsp3) is 0.300. The lowest BCUT2D eigenvalue weighted by molar-refractivity contribution is -0.117. The summed E-state index contributed by atoms with van der Waals surface area (Å²) >= 11 is 0. The summed E-state index contributed by atoms with van der Waals surface area (Å²) in [4.78, 5) is 26.0. The van der Waals surface area contributed by atoms with Crippen LogP contribution in [0, 0.1) is 0 Å². The zero-order valence-corrected chi connectivity index (χ0v) is 14.2. The van der Waals surface area contributed by atoms with Crippen molar-refractivity contribution in [1.82, 2.24) is 4.90 Å². The first-order valence-electron chi connectivity index (χ1n) is 8.47. The molecule has 0 aliphatic carbocycles. The van der Waals surface area contributed by atoms with E-state index >= 15 is 0 Å². The van der Waals surface area contributed by atoms with Crippen LogP contribution in [0.2, 0.25) is 0 Å². The van der Waals surface area contributed by atoms with Crippen LogP contribution in [0.1, 0.15) is 41.7 Å². The number of rotatable bonds is 5. The molecule has 5 nitrogen and oxygen atoms in total. The Morgan fingerprint density at radius 1 is 1.20 bits per heavy atom. The predicted octanol–water partition coefficient (Wildman–Crippen LogP) is 3.37. The van der Waals surface area contributed by atoms with E-state index in [1.807, 2.05) is 12.1 Å². The number of Topliss-reactive ketones (excluding diaryl/α,β-unsaturated/α-hetero) is 1. The minimum absolute atomic E-state index is 0.0250. The molecule has 0 bridgehead atoms. The largest absolute Gasteiger partial charge is 0.508 e. The molecule has 1 atom stereocenters. The van der Waals surface area contributed by atoms with Crippen LogP contribution in [0.3, 0.4) is 0 Å². The van der Waals surface area contributed by atoms with Gasteiger partial charge < -0.3 is 10.4 Å². The summed E-state index contributed by atoms with van der Waals surface area (Å²) in [6.45, 7) is 2.68. The summed E-state index contributed by atoms with van der Waals surface area (Å²) in [7, 11) is 0. The summed E-state index contributed by atoms with van der Waals surface area (Å²) in [5.41, 5.74) is 2.33. The highest BCUT2D eigenvalue weighted by atomic mass is 16.3. The summed E-state index contributed by atoms with van der Waals surface area (Å²) < 4.78 is 0. The lowest BCUT2D eigenvalue weighted by Gasteiger charge is -2.24. The Bertz CT molecular complexity index is 771. The fourth-order valence-electron chi connectivity index (χ4n) is 3.29. The number of hydrogen-bond donors (Lipinski definition) is 2. The van der Waals surface area contributed by atoms with Gasteiger partial charge in [-0.3, -0.25) is 14.5 Å². The number of anilines is 1. The number of nitrogens with one attached hydrogen (secondary N) is 1. The molecule has 130 valence electrons. The first kappa shape index (κ1) is 17.2. The van der Waals surface area contributed by atoms with Gasteiger partial charge in [-0.1, -0.05) is 24.3 Å². The van der Waals surface area contributed by atoms with Gasteiger partial charge in [0.1, 0.15) is 5.75 Å². The standard InChI is InChI=1S/C20H22N2O3/c1-14(23)16-4-2-5-17(12-16)21-20(25)13-22-11-3-6-19(22)15-7-9-18(24)10-8-15/h2,4-5,7-10,12,19,24H,3,6,11,13H2,1H3,(H,21,25)/t19-/m0/s1. The van der Waals surface area contributed by atoms with Crippen molar-refractivity contribution >= 4 is 17.4 Å². The molecule has 0 saturated carbocycles. The van der Waals surface area contributed by atoms with Gasteiger partial charge in [-0.25, -0.2) is 0 Å². The second-order valence-electron chi connectivity index (χ2n) is 6.41. The van der Waals surface area contributed by atoms with E-state index in [9.17, 15) is 14.7 Å². The summed E-state index contributed by atoms with van der Waals surface area (Å²) in [6.07, 6.45) is 2.04. The number of phenols is 1. The number of likely N-dealkylation sites (tertiary alicyclic amines) is 1. The van der Waals surface area contributed by atoms with E-state index in [0.717, 1.165) is 24.9 Å². The molecule has 1 heterocycles. The minimum Gasteiger partial charge on any atom is -0.508 e. The number of phenolic OH excluding ortho intramolecular Hbond substituents is 1. The first-order valence-corrected chi connectivity index (χ1v) is 8.47. The van der Waals surface area contributed by atoms with Crippen LogP contribution in [-0.2, 0) is 4.79 Å². The average Bonchev–Trinajstić information content (AvgIpc) is 3.03. The normalized spacial score (nSPS) is 17.4. The lowest BCUT2D eigenvalue weighted by Crippen LogP contribution is -2.32. The highest BCUT2D eigenvalue weighted by Gasteiger charge is 2.27. The van der Waals surface area contributed by atoms with E-state index in [1.54, 1.807) is 36.4 Å². The van der Waals surface area contributed by atoms with E-state index in [-0.39, 0.29) is 23.5 Å². The van der Waals surface area contributed by atoms with Gasteiger partial charge in [-0.05, 0) is 56.1 Å². The zero-order valence-electron chi connectivity index (χ0n) is 14.2. The third-order valence-electron chi connectivity index (χ3n) is 4.54. The first-order chi connectivity index (χ1) is 12.0. The van der Waals surface area contributed by atoms with E-state index in [4.69, 9.17) is 0 Å². The van der Waals surface area contributed by atoms with Crippen molar-refractivity contribution in [3.05, 3.63) is 59.7 Å². The van der Waals surface area contributed by atoms with Crippen LogP contribution < -0.4 is 5.32 Å². The second-order valence-corrected chi connectivity index (χ2v) is 6.41. The highest BCUT2D eigenvalue weighted by molar-refractivity contribution is 5.97. The van der Waals surface area contributed by atoms with Gasteiger partial charge in [0.15, 0.2) is 5.78 Å². The molecule has 1 fully saturated rings. The molecule has 0 aromatic heterocycles. The van der Waals surface area contributed by atoms with Crippen molar-refractivity contribution < 1.29 is 14.7 Å². The van der Waals surface area contributed by atoms with Gasteiger partial charge in [0.25, 0.3) is 0 Å². The molecule has 2 N–H and O–H groups in total. The van der Waals surface area contributed by atoms with E-state index < -0.39 is 0 Å². The van der Waals surface area contributed by atoms with Crippen molar-refractivity contribution in [3.63, 3.8) is 0 Å². The third-order valence-corrected chi connectivity index (χ3v) is 4.54. The van der Waals surface area contributed by atoms with Gasteiger partial charge in [0.05, 0.1) is 6.54 Å². The number of ketones is 1. The summed E-state index contributed by atoms with van der Waals surface area (Å²) in [6, 6.07) is 14.3. The fourth-order valence-corrected chi connectivity index (χ4v) is 3.29. The molecule has 0 unspecified atom stereocenters. The van der Waals surface area contributed by atoms with Gasteiger partial charge in [-0.15, -0.1) is 0 Å². The van der Waals surface area contributed by atoms with E-state index in [2.05, 4.69) is 10.2 Å². The highest BCUT2D eigenvalue weighted by Crippen LogP contribution is 2.32. The van der Waals surface area contributed by atoms with Crippen LogP contribution in [0.25, 0.3) is 0 Å². The number of nitrogens with zero attached hydrogens (tertiary/aromatic N) is 1. The Morgan fingerprint density at radius 2 is 1.96 bits per heavy atom. The SMILES string of the molecule is CC(=O)c1cccc(NC(=O)CN2CCC[C@H]2c2ccc(O)cc2)c1. The number of hydrogen-bond acceptors (Lipinski definition) is 4. The molecule has 1 aliphatic heterocycles. The van der Waals surface area contributed by atoms with Crippen molar-refractivity contribution in [3.8, 4) is 5.75 Å². The zero-order chi connectivity index (χ0) is 17.8. The van der Waals surface area contributed by atoms with Crippen LogP contribution in [0.5, 0.6) is 5.75 Å². The summed E-state index contributed by atoms with van der Waals surface area (Å²) in [5.74, 6) is 0.130. The monoisotopic (exact) mass is 338 g/mol. The topological polar surface area (TPSA) is 69.6 Å². The molecular formula is C20H22N2O3. The molecule has 2 aromatic carbocycles. The lowest BCUT2D eigenvalue weighted by atomic mass is 10.0. The number of aromatic hydroxyl groups is 1. The van der Waals surface area contributed by atoms with E-state index in [1.165, 1.54) is 6.92 Å². The van der Waals surface area contributed by atoms with Crippen molar-refractivity contribution in [2.45, 2.75) is 25.8 Å². The molecule has 0 radical (unpaired) electrons. The van der Waals surface area contributed by atoms with Crippen molar-refractivity contribution in [1.29, 1.82) is 0 Å². The maximum Gasteiger partial charge on any atom is 0.238 e. The molecule has 1 saturated heterocycles. The second kappa shape index (κ2) is 7.49. The Balaban J connectivity index is 1.64. The average molecular weight is 338 g/mol. The molecule has 5 heteroatoms. The maximum absolute atomic E-state index is 12.4. The smallest absolute Gasteiger partial charge is 0.238 e. The molecular weight excluding hydrogens is 316 g/mol. The van der Waals surface area contributed by atoms with Crippen LogP contribution in [0.15, 0.2) is 48.5 Å². The van der Waals surface area contributed by atoms with Crippen molar-refractivity contribution in [2.75, 3.05) is 18.4 Å².